The van der Waals surface area contributed by atoms with Crippen LogP contribution in [0, 0.1) is 0 Å². The fraction of sp³-hybridized carbons (Fsp3) is 0.400. The Balaban J connectivity index is 0.000000252. The Morgan fingerprint density at radius 2 is 1.92 bits per heavy atom. The van der Waals surface area contributed by atoms with Gasteiger partial charge in [0.2, 0.25) is 0 Å². The lowest BCUT2D eigenvalue weighted by atomic mass is 10.3. The molecule has 0 aromatic carbocycles. The standard InChI is InChI=1S/C5H8N2O.BF4/c8-4-1-5-6-2-3-7-5;2-1(3,4)5/h2-3,8H,1,4H2,(H,6,7);/q;-1/p+1. The zero-order chi connectivity index (χ0) is 10.3. The van der Waals surface area contributed by atoms with Crippen LogP contribution < -0.4 is 4.98 Å². The average molecular weight is 200 g/mol. The number of imidazole rings is 1. The Morgan fingerprint density at radius 3 is 2.23 bits per heavy atom. The van der Waals surface area contributed by atoms with E-state index in [1.165, 1.54) is 0 Å². The topological polar surface area (TPSA) is 50.2 Å². The van der Waals surface area contributed by atoms with Crippen molar-refractivity contribution in [1.29, 1.82) is 0 Å². The first kappa shape index (κ1) is 12.0. The highest BCUT2D eigenvalue weighted by Crippen LogP contribution is 2.06. The lowest BCUT2D eigenvalue weighted by molar-refractivity contribution is -0.388. The predicted octanol–water partition coefficient (Wildman–Crippen LogP) is 0.664. The third-order valence-corrected chi connectivity index (χ3v) is 0.960. The number of hydrogen-bond donors (Lipinski definition) is 2. The summed E-state index contributed by atoms with van der Waals surface area (Å²) in [6.07, 6.45) is 4.27. The van der Waals surface area contributed by atoms with Crippen molar-refractivity contribution in [2.75, 3.05) is 6.61 Å². The first-order chi connectivity index (χ1) is 5.93. The van der Waals surface area contributed by atoms with Gasteiger partial charge < -0.3 is 22.4 Å². The molecule has 0 aliphatic carbocycles. The van der Waals surface area contributed by atoms with Crippen LogP contribution in [0.4, 0.5) is 17.3 Å². The van der Waals surface area contributed by atoms with E-state index in [0.29, 0.717) is 6.42 Å². The summed E-state index contributed by atoms with van der Waals surface area (Å²) in [4.78, 5) is 5.84. The third-order valence-electron chi connectivity index (χ3n) is 0.960. The first-order valence-electron chi connectivity index (χ1n) is 3.45. The number of aromatic amines is 2. The van der Waals surface area contributed by atoms with E-state index in [-0.39, 0.29) is 6.61 Å². The molecule has 0 saturated carbocycles. The van der Waals surface area contributed by atoms with Crippen molar-refractivity contribution in [1.82, 2.24) is 4.98 Å². The van der Waals surface area contributed by atoms with Gasteiger partial charge in [-0.3, -0.25) is 0 Å². The number of aromatic nitrogens is 2. The van der Waals surface area contributed by atoms with Crippen molar-refractivity contribution in [2.45, 2.75) is 6.42 Å². The molecule has 3 nitrogen and oxygen atoms in total. The van der Waals surface area contributed by atoms with E-state index in [4.69, 9.17) is 5.11 Å². The summed E-state index contributed by atoms with van der Waals surface area (Å²) in [6.45, 7) is 0.191. The van der Waals surface area contributed by atoms with Gasteiger partial charge >= 0.3 is 7.25 Å². The molecular weight excluding hydrogens is 191 g/mol. The second kappa shape index (κ2) is 5.57. The van der Waals surface area contributed by atoms with Crippen molar-refractivity contribution >= 4 is 7.25 Å². The minimum Gasteiger partial charge on any atom is -0.418 e. The predicted molar refractivity (Wildman–Crippen MR) is 38.3 cm³/mol. The van der Waals surface area contributed by atoms with Gasteiger partial charge in [0, 0.05) is 0 Å². The SMILES string of the molecule is F[B-](F)(F)F.OCCc1[nH]cc[nH+]1. The third kappa shape index (κ3) is 11.0. The van der Waals surface area contributed by atoms with Crippen molar-refractivity contribution in [2.24, 2.45) is 0 Å². The zero-order valence-electron chi connectivity index (χ0n) is 6.61. The lowest BCUT2D eigenvalue weighted by Crippen LogP contribution is -2.07. The van der Waals surface area contributed by atoms with Crippen molar-refractivity contribution in [3.8, 4) is 0 Å². The molecule has 1 aromatic heterocycles. The Kier molecular flexibility index (Phi) is 5.13. The maximum Gasteiger partial charge on any atom is 0.673 e. The number of hydrogen-bond acceptors (Lipinski definition) is 1. The van der Waals surface area contributed by atoms with E-state index in [9.17, 15) is 17.3 Å². The Hall–Kier alpha value is -1.05. The van der Waals surface area contributed by atoms with E-state index in [1.54, 1.807) is 12.4 Å². The minimum absolute atomic E-state index is 0.191. The van der Waals surface area contributed by atoms with Gasteiger partial charge in [-0.2, -0.15) is 0 Å². The second-order valence-corrected chi connectivity index (χ2v) is 2.07. The number of aliphatic hydroxyl groups excluding tert-OH is 1. The maximum absolute atomic E-state index is 9.75. The average Bonchev–Trinajstić information content (AvgIpc) is 2.36. The van der Waals surface area contributed by atoms with E-state index in [1.807, 2.05) is 0 Å². The minimum atomic E-state index is -6.00. The molecule has 3 N–H and O–H groups in total. The molecule has 1 heterocycles. The zero-order valence-corrected chi connectivity index (χ0v) is 6.61. The van der Waals surface area contributed by atoms with Crippen LogP contribution in [0.3, 0.4) is 0 Å². The number of aliphatic hydroxyl groups is 1. The van der Waals surface area contributed by atoms with Crippen molar-refractivity contribution in [3.63, 3.8) is 0 Å². The summed E-state index contributed by atoms with van der Waals surface area (Å²) >= 11 is 0. The maximum atomic E-state index is 9.75. The molecule has 0 bridgehead atoms. The molecule has 0 aliphatic rings. The lowest BCUT2D eigenvalue weighted by Gasteiger charge is -1.94. The van der Waals surface area contributed by atoms with Gasteiger partial charge in [0.25, 0.3) is 5.82 Å². The van der Waals surface area contributed by atoms with Crippen LogP contribution in [-0.2, 0) is 6.42 Å². The van der Waals surface area contributed by atoms with Gasteiger partial charge in [-0.1, -0.05) is 0 Å². The quantitative estimate of drug-likeness (QED) is 0.534. The van der Waals surface area contributed by atoms with Gasteiger partial charge in [-0.25, -0.2) is 9.97 Å². The van der Waals surface area contributed by atoms with Crippen molar-refractivity contribution < 1.29 is 27.4 Å². The Bertz CT molecular complexity index is 207. The fourth-order valence-corrected chi connectivity index (χ4v) is 0.582. The fourth-order valence-electron chi connectivity index (χ4n) is 0.582. The smallest absolute Gasteiger partial charge is 0.418 e. The van der Waals surface area contributed by atoms with Gasteiger partial charge in [0.15, 0.2) is 0 Å². The van der Waals surface area contributed by atoms with Crippen LogP contribution in [-0.4, -0.2) is 24.0 Å². The molecule has 1 aromatic rings. The molecule has 0 atom stereocenters. The molecule has 0 radical (unpaired) electrons. The summed E-state index contributed by atoms with van der Waals surface area (Å²) in [6, 6.07) is 0. The van der Waals surface area contributed by atoms with Gasteiger partial charge in [0.1, 0.15) is 12.4 Å². The highest BCUT2D eigenvalue weighted by molar-refractivity contribution is 6.50. The summed E-state index contributed by atoms with van der Waals surface area (Å²) in [7, 11) is -6.00. The van der Waals surface area contributed by atoms with E-state index < -0.39 is 7.25 Å². The molecular formula is C5H9BF4N2O. The van der Waals surface area contributed by atoms with Gasteiger partial charge in [-0.15, -0.1) is 0 Å². The first-order valence-corrected chi connectivity index (χ1v) is 3.45. The molecule has 8 heteroatoms. The molecule has 0 saturated heterocycles. The highest BCUT2D eigenvalue weighted by Gasteiger charge is 2.20. The molecule has 76 valence electrons. The van der Waals surface area contributed by atoms with Crippen molar-refractivity contribution in [3.05, 3.63) is 18.2 Å². The Labute approximate surface area is 71.9 Å². The summed E-state index contributed by atoms with van der Waals surface area (Å²) < 4.78 is 39.0. The van der Waals surface area contributed by atoms with Crippen LogP contribution in [0.15, 0.2) is 12.4 Å². The molecule has 1 rings (SSSR count). The molecule has 13 heavy (non-hydrogen) atoms. The van der Waals surface area contributed by atoms with Gasteiger partial charge in [-0.05, 0) is 0 Å². The van der Waals surface area contributed by atoms with Crippen LogP contribution in [0.25, 0.3) is 0 Å². The molecule has 0 fully saturated rings. The summed E-state index contributed by atoms with van der Waals surface area (Å²) in [5.74, 6) is 0.965. The number of nitrogens with one attached hydrogen (secondary N) is 2. The molecule has 0 aliphatic heterocycles. The number of rotatable bonds is 2. The summed E-state index contributed by atoms with van der Waals surface area (Å²) in [5, 5.41) is 8.40. The number of H-pyrrole nitrogens is 2. The highest BCUT2D eigenvalue weighted by atomic mass is 19.5. The van der Waals surface area contributed by atoms with Crippen LogP contribution in [0.1, 0.15) is 5.82 Å². The second-order valence-electron chi connectivity index (χ2n) is 2.07. The van der Waals surface area contributed by atoms with E-state index in [2.05, 4.69) is 9.97 Å². The molecule has 0 unspecified atom stereocenters. The van der Waals surface area contributed by atoms with Crippen LogP contribution in [0.5, 0.6) is 0 Å². The number of halogens is 4. The van der Waals surface area contributed by atoms with Crippen LogP contribution >= 0.6 is 0 Å². The van der Waals surface area contributed by atoms with Crippen LogP contribution in [0.2, 0.25) is 0 Å². The Morgan fingerprint density at radius 1 is 1.38 bits per heavy atom. The monoisotopic (exact) mass is 200 g/mol. The van der Waals surface area contributed by atoms with E-state index >= 15 is 0 Å². The normalized spacial score (nSPS) is 10.5. The largest absolute Gasteiger partial charge is 0.673 e. The summed E-state index contributed by atoms with van der Waals surface area (Å²) in [5.41, 5.74) is 0. The van der Waals surface area contributed by atoms with Gasteiger partial charge in [0.05, 0.1) is 13.0 Å². The molecule has 0 amide bonds. The molecule has 0 spiro atoms. The van der Waals surface area contributed by atoms with E-state index in [0.717, 1.165) is 5.82 Å².